The van der Waals surface area contributed by atoms with Crippen LogP contribution in [-0.4, -0.2) is 5.91 Å². The molecule has 1 aliphatic heterocycles. The summed E-state index contributed by atoms with van der Waals surface area (Å²) < 4.78 is 0. The first kappa shape index (κ1) is 12.5. The van der Waals surface area contributed by atoms with Gasteiger partial charge in [0.05, 0.1) is 0 Å². The summed E-state index contributed by atoms with van der Waals surface area (Å²) in [6.07, 6.45) is 0.420. The van der Waals surface area contributed by atoms with Gasteiger partial charge in [-0.15, -0.1) is 0 Å². The highest BCUT2D eigenvalue weighted by atomic mass is 35.5. The summed E-state index contributed by atoms with van der Waals surface area (Å²) in [6, 6.07) is 5.36. The predicted octanol–water partition coefficient (Wildman–Crippen LogP) is 3.89. The number of hydrogen-bond acceptors (Lipinski definition) is 1. The van der Waals surface area contributed by atoms with E-state index in [1.165, 1.54) is 0 Å². The molecule has 90 valence electrons. The van der Waals surface area contributed by atoms with Crippen molar-refractivity contribution in [1.82, 2.24) is 5.32 Å². The number of hydrogen-bond donors (Lipinski definition) is 1. The Morgan fingerprint density at radius 2 is 2.00 bits per heavy atom. The Labute approximate surface area is 111 Å². The summed E-state index contributed by atoms with van der Waals surface area (Å²) in [6.45, 7) is 3.91. The van der Waals surface area contributed by atoms with E-state index in [0.717, 1.165) is 16.8 Å². The molecule has 2 rings (SSSR count). The quantitative estimate of drug-likeness (QED) is 0.824. The number of carbonyl (C=O) groups is 1. The van der Waals surface area contributed by atoms with Crippen molar-refractivity contribution in [3.05, 3.63) is 45.1 Å². The molecular weight excluding hydrogens is 257 g/mol. The highest BCUT2D eigenvalue weighted by Gasteiger charge is 2.26. The van der Waals surface area contributed by atoms with Crippen LogP contribution >= 0.6 is 23.2 Å². The number of allylic oxidation sites excluding steroid dienone is 2. The number of rotatable bonds is 1. The topological polar surface area (TPSA) is 29.1 Å². The van der Waals surface area contributed by atoms with Gasteiger partial charge < -0.3 is 5.32 Å². The van der Waals surface area contributed by atoms with Gasteiger partial charge in [0.2, 0.25) is 5.91 Å². The summed E-state index contributed by atoms with van der Waals surface area (Å²) >= 11 is 12.2. The molecule has 0 saturated heterocycles. The van der Waals surface area contributed by atoms with Gasteiger partial charge in [0.1, 0.15) is 0 Å². The van der Waals surface area contributed by atoms with Crippen LogP contribution in [0.1, 0.15) is 31.7 Å². The van der Waals surface area contributed by atoms with Crippen LogP contribution < -0.4 is 5.32 Å². The maximum absolute atomic E-state index is 11.6. The lowest BCUT2D eigenvalue weighted by Crippen LogP contribution is -2.30. The highest BCUT2D eigenvalue weighted by Crippen LogP contribution is 2.37. The predicted molar refractivity (Wildman–Crippen MR) is 70.3 cm³/mol. The van der Waals surface area contributed by atoms with Crippen LogP contribution in [-0.2, 0) is 4.79 Å². The van der Waals surface area contributed by atoms with E-state index in [-0.39, 0.29) is 11.8 Å². The Kier molecular flexibility index (Phi) is 3.45. The Morgan fingerprint density at radius 3 is 2.71 bits per heavy atom. The minimum atomic E-state index is 0.0224. The average Bonchev–Trinajstić information content (AvgIpc) is 2.27. The van der Waals surface area contributed by atoms with E-state index in [9.17, 15) is 4.79 Å². The molecule has 1 atom stereocenters. The molecule has 0 saturated carbocycles. The van der Waals surface area contributed by atoms with Crippen molar-refractivity contribution >= 4 is 29.1 Å². The van der Waals surface area contributed by atoms with Gasteiger partial charge in [-0.3, -0.25) is 4.79 Å². The van der Waals surface area contributed by atoms with Gasteiger partial charge in [-0.25, -0.2) is 0 Å². The van der Waals surface area contributed by atoms with Crippen molar-refractivity contribution in [2.75, 3.05) is 0 Å². The molecule has 4 heteroatoms. The van der Waals surface area contributed by atoms with E-state index >= 15 is 0 Å². The monoisotopic (exact) mass is 269 g/mol. The van der Waals surface area contributed by atoms with Crippen molar-refractivity contribution in [2.45, 2.75) is 26.2 Å². The van der Waals surface area contributed by atoms with Gasteiger partial charge in [0.15, 0.2) is 0 Å². The standard InChI is InChI=1S/C13H13Cl2NO/c1-7-8(2)16-13(17)6-10(7)11-5-9(14)3-4-12(11)15/h3-5,10H,6H2,1-2H3,(H,16,17). The normalized spacial score (nSPS) is 20.5. The van der Waals surface area contributed by atoms with Crippen LogP contribution in [0.2, 0.25) is 10.0 Å². The Morgan fingerprint density at radius 1 is 1.29 bits per heavy atom. The molecule has 0 bridgehead atoms. The summed E-state index contributed by atoms with van der Waals surface area (Å²) in [5.41, 5.74) is 2.96. The SMILES string of the molecule is CC1=C(C)C(c2cc(Cl)ccc2Cl)CC(=O)N1. The zero-order chi connectivity index (χ0) is 12.6. The van der Waals surface area contributed by atoms with E-state index in [4.69, 9.17) is 23.2 Å². The number of benzene rings is 1. The van der Waals surface area contributed by atoms with Gasteiger partial charge in [0.25, 0.3) is 0 Å². The fourth-order valence-corrected chi connectivity index (χ4v) is 2.51. The molecule has 0 spiro atoms. The first-order valence-corrected chi connectivity index (χ1v) is 6.17. The zero-order valence-corrected chi connectivity index (χ0v) is 11.2. The fourth-order valence-electron chi connectivity index (χ4n) is 2.08. The molecule has 0 aromatic heterocycles. The second kappa shape index (κ2) is 4.71. The molecule has 1 aromatic carbocycles. The second-order valence-electron chi connectivity index (χ2n) is 4.28. The maximum Gasteiger partial charge on any atom is 0.225 e. The molecule has 1 N–H and O–H groups in total. The van der Waals surface area contributed by atoms with Gasteiger partial charge in [-0.05, 0) is 43.2 Å². The van der Waals surface area contributed by atoms with Crippen molar-refractivity contribution < 1.29 is 4.79 Å². The molecule has 17 heavy (non-hydrogen) atoms. The minimum absolute atomic E-state index is 0.0224. The van der Waals surface area contributed by atoms with Gasteiger partial charge >= 0.3 is 0 Å². The van der Waals surface area contributed by atoms with Crippen LogP contribution in [0.4, 0.5) is 0 Å². The molecular formula is C13H13Cl2NO. The van der Waals surface area contributed by atoms with Gasteiger partial charge in [-0.1, -0.05) is 23.2 Å². The molecule has 0 aliphatic carbocycles. The number of halogens is 2. The second-order valence-corrected chi connectivity index (χ2v) is 5.12. The lowest BCUT2D eigenvalue weighted by Gasteiger charge is -2.26. The summed E-state index contributed by atoms with van der Waals surface area (Å²) in [4.78, 5) is 11.6. The van der Waals surface area contributed by atoms with Gasteiger partial charge in [0, 0.05) is 28.1 Å². The lowest BCUT2D eigenvalue weighted by molar-refractivity contribution is -0.121. The smallest absolute Gasteiger partial charge is 0.225 e. The van der Waals surface area contributed by atoms with E-state index in [1.807, 2.05) is 19.9 Å². The molecule has 1 heterocycles. The largest absolute Gasteiger partial charge is 0.330 e. The minimum Gasteiger partial charge on any atom is -0.330 e. The van der Waals surface area contributed by atoms with E-state index in [1.54, 1.807) is 12.1 Å². The summed E-state index contributed by atoms with van der Waals surface area (Å²) in [5.74, 6) is 0.0455. The number of carbonyl (C=O) groups excluding carboxylic acids is 1. The molecule has 0 radical (unpaired) electrons. The van der Waals surface area contributed by atoms with Crippen molar-refractivity contribution in [3.63, 3.8) is 0 Å². The lowest BCUT2D eigenvalue weighted by atomic mass is 9.85. The molecule has 0 fully saturated rings. The van der Waals surface area contributed by atoms with Gasteiger partial charge in [-0.2, -0.15) is 0 Å². The zero-order valence-electron chi connectivity index (χ0n) is 9.68. The third-order valence-electron chi connectivity index (χ3n) is 3.16. The van der Waals surface area contributed by atoms with Crippen LogP contribution in [0, 0.1) is 0 Å². The molecule has 1 aromatic rings. The van der Waals surface area contributed by atoms with E-state index < -0.39 is 0 Å². The third-order valence-corrected chi connectivity index (χ3v) is 3.74. The fraction of sp³-hybridized carbons (Fsp3) is 0.308. The Hall–Kier alpha value is -0.990. The maximum atomic E-state index is 11.6. The third kappa shape index (κ3) is 2.48. The molecule has 1 amide bonds. The average molecular weight is 270 g/mol. The Bertz CT molecular complexity index is 508. The van der Waals surface area contributed by atoms with E-state index in [0.29, 0.717) is 16.5 Å². The first-order valence-electron chi connectivity index (χ1n) is 5.41. The van der Waals surface area contributed by atoms with Crippen LogP contribution in [0.25, 0.3) is 0 Å². The first-order chi connectivity index (χ1) is 7.99. The molecule has 1 unspecified atom stereocenters. The molecule has 2 nitrogen and oxygen atoms in total. The Balaban J connectivity index is 2.49. The highest BCUT2D eigenvalue weighted by molar-refractivity contribution is 6.33. The molecule has 1 aliphatic rings. The van der Waals surface area contributed by atoms with Crippen LogP contribution in [0.3, 0.4) is 0 Å². The van der Waals surface area contributed by atoms with E-state index in [2.05, 4.69) is 5.32 Å². The number of amides is 1. The summed E-state index contributed by atoms with van der Waals surface area (Å²) in [5, 5.41) is 4.12. The number of nitrogens with one attached hydrogen (secondary N) is 1. The van der Waals surface area contributed by atoms with Crippen LogP contribution in [0.5, 0.6) is 0 Å². The van der Waals surface area contributed by atoms with Crippen molar-refractivity contribution in [2.24, 2.45) is 0 Å². The summed E-state index contributed by atoms with van der Waals surface area (Å²) in [7, 11) is 0. The van der Waals surface area contributed by atoms with Crippen LogP contribution in [0.15, 0.2) is 29.5 Å². The van der Waals surface area contributed by atoms with Crippen molar-refractivity contribution in [3.8, 4) is 0 Å². The van der Waals surface area contributed by atoms with Crippen molar-refractivity contribution in [1.29, 1.82) is 0 Å².